The topological polar surface area (TPSA) is 50.8 Å². The van der Waals surface area contributed by atoms with Gasteiger partial charge in [-0.05, 0) is 77.3 Å². The Balaban J connectivity index is 1.77. The van der Waals surface area contributed by atoms with E-state index in [1.165, 1.54) is 25.8 Å². The van der Waals surface area contributed by atoms with Crippen LogP contribution in [0.3, 0.4) is 0 Å². The molecule has 29 heavy (non-hydrogen) atoms. The Labute approximate surface area is 177 Å². The van der Waals surface area contributed by atoms with Crippen molar-refractivity contribution in [1.29, 1.82) is 0 Å². The van der Waals surface area contributed by atoms with Crippen molar-refractivity contribution in [2.45, 2.75) is 84.3 Å². The maximum Gasteiger partial charge on any atom is 0.256 e. The number of carbonyl (C=O) groups excluding carboxylic acids is 1. The second-order valence-electron chi connectivity index (χ2n) is 8.33. The summed E-state index contributed by atoms with van der Waals surface area (Å²) in [6.07, 6.45) is 7.76. The van der Waals surface area contributed by atoms with Crippen LogP contribution in [-0.4, -0.2) is 48.8 Å². The van der Waals surface area contributed by atoms with Crippen molar-refractivity contribution in [3.05, 3.63) is 24.3 Å². The lowest BCUT2D eigenvalue weighted by atomic mass is 9.97. The first kappa shape index (κ1) is 23.7. The van der Waals surface area contributed by atoms with Gasteiger partial charge < -0.3 is 19.7 Å². The highest BCUT2D eigenvalue weighted by molar-refractivity contribution is 5.97. The molecule has 2 atom stereocenters. The van der Waals surface area contributed by atoms with Crippen LogP contribution >= 0.6 is 0 Å². The van der Waals surface area contributed by atoms with E-state index >= 15 is 0 Å². The number of hydrogen-bond acceptors (Lipinski definition) is 4. The fourth-order valence-corrected chi connectivity index (χ4v) is 3.93. The summed E-state index contributed by atoms with van der Waals surface area (Å²) in [5.41, 5.74) is -0.0159. The second kappa shape index (κ2) is 12.2. The Morgan fingerprint density at radius 3 is 2.62 bits per heavy atom. The molecule has 1 aromatic carbocycles. The number of rotatable bonds is 12. The third-order valence-electron chi connectivity index (χ3n) is 5.86. The lowest BCUT2D eigenvalue weighted by molar-refractivity contribution is -0.139. The van der Waals surface area contributed by atoms with Gasteiger partial charge in [-0.2, -0.15) is 0 Å². The van der Waals surface area contributed by atoms with Crippen LogP contribution in [0.15, 0.2) is 24.3 Å². The van der Waals surface area contributed by atoms with Gasteiger partial charge in [0.15, 0.2) is 0 Å². The molecule has 0 unspecified atom stereocenters. The highest BCUT2D eigenvalue weighted by Gasteiger charge is 2.33. The predicted octanol–water partition coefficient (Wildman–Crippen LogP) is 5.25. The Kier molecular flexibility index (Phi) is 9.95. The first-order chi connectivity index (χ1) is 14.0. The maximum absolute atomic E-state index is 12.7. The third-order valence-corrected chi connectivity index (χ3v) is 5.86. The molecule has 1 aliphatic heterocycles. The Bertz CT molecular complexity index is 605. The second-order valence-corrected chi connectivity index (χ2v) is 8.33. The lowest BCUT2D eigenvalue weighted by Crippen LogP contribution is -2.42. The van der Waals surface area contributed by atoms with Crippen LogP contribution in [-0.2, 0) is 9.53 Å². The molecule has 0 aromatic heterocycles. The molecule has 5 heteroatoms. The van der Waals surface area contributed by atoms with Crippen molar-refractivity contribution >= 4 is 11.6 Å². The van der Waals surface area contributed by atoms with E-state index < -0.39 is 5.60 Å². The Morgan fingerprint density at radius 1 is 1.21 bits per heavy atom. The van der Waals surface area contributed by atoms with Gasteiger partial charge in [0.1, 0.15) is 11.4 Å². The van der Waals surface area contributed by atoms with Crippen LogP contribution in [0.4, 0.5) is 5.69 Å². The molecule has 1 heterocycles. The zero-order chi connectivity index (χ0) is 21.1. The molecular weight excluding hydrogens is 364 g/mol. The average Bonchev–Trinajstić information content (AvgIpc) is 2.72. The van der Waals surface area contributed by atoms with Gasteiger partial charge >= 0.3 is 0 Å². The van der Waals surface area contributed by atoms with Crippen molar-refractivity contribution in [2.24, 2.45) is 0 Å². The van der Waals surface area contributed by atoms with Crippen LogP contribution < -0.4 is 10.1 Å². The van der Waals surface area contributed by atoms with E-state index in [4.69, 9.17) is 9.47 Å². The van der Waals surface area contributed by atoms with Gasteiger partial charge in [0.25, 0.3) is 5.91 Å². The number of nitrogens with one attached hydrogen (secondary N) is 1. The summed E-state index contributed by atoms with van der Waals surface area (Å²) >= 11 is 0. The first-order valence-electron chi connectivity index (χ1n) is 11.4. The van der Waals surface area contributed by atoms with E-state index in [0.717, 1.165) is 43.7 Å². The smallest absolute Gasteiger partial charge is 0.256 e. The number of amides is 1. The number of carbonyl (C=O) groups is 1. The Morgan fingerprint density at radius 2 is 1.97 bits per heavy atom. The molecule has 1 N–H and O–H groups in total. The minimum atomic E-state index is -0.786. The number of benzene rings is 1. The van der Waals surface area contributed by atoms with E-state index in [-0.39, 0.29) is 5.91 Å². The molecule has 0 spiro atoms. The minimum Gasteiger partial charge on any atom is -0.494 e. The normalized spacial score (nSPS) is 19.5. The van der Waals surface area contributed by atoms with E-state index in [1.54, 1.807) is 0 Å². The number of piperidine rings is 1. The molecule has 1 amide bonds. The SMILES string of the molecule is CCCC[C@@](C)(OCC)C(=O)Nc1ccc(OCCCN2CCCC[C@H]2C)cc1. The van der Waals surface area contributed by atoms with Crippen LogP contribution in [0.2, 0.25) is 0 Å². The number of anilines is 1. The monoisotopic (exact) mass is 404 g/mol. The zero-order valence-corrected chi connectivity index (χ0v) is 18.8. The highest BCUT2D eigenvalue weighted by atomic mass is 16.5. The van der Waals surface area contributed by atoms with Crippen molar-refractivity contribution in [2.75, 3.05) is 31.6 Å². The number of nitrogens with zero attached hydrogens (tertiary/aromatic N) is 1. The highest BCUT2D eigenvalue weighted by Crippen LogP contribution is 2.23. The predicted molar refractivity (Wildman–Crippen MR) is 120 cm³/mol. The standard InChI is InChI=1S/C24H40N2O3/c1-5-7-16-24(4,29-6-2)23(27)25-21-12-14-22(15-13-21)28-19-10-18-26-17-9-8-11-20(26)3/h12-15,20H,5-11,16-19H2,1-4H3,(H,25,27)/t20-,24-/m1/s1. The molecule has 2 rings (SSSR count). The fourth-order valence-electron chi connectivity index (χ4n) is 3.93. The van der Waals surface area contributed by atoms with Gasteiger partial charge in [-0.3, -0.25) is 4.79 Å². The van der Waals surface area contributed by atoms with E-state index in [1.807, 2.05) is 38.1 Å². The van der Waals surface area contributed by atoms with Crippen LogP contribution in [0.5, 0.6) is 5.75 Å². The Hall–Kier alpha value is -1.59. The molecule has 0 aliphatic carbocycles. The quantitative estimate of drug-likeness (QED) is 0.483. The molecule has 1 aromatic rings. The van der Waals surface area contributed by atoms with Gasteiger partial charge in [-0.25, -0.2) is 0 Å². The number of likely N-dealkylation sites (tertiary alicyclic amines) is 1. The van der Waals surface area contributed by atoms with Crippen molar-refractivity contribution in [3.8, 4) is 5.75 Å². The van der Waals surface area contributed by atoms with Gasteiger partial charge in [0.05, 0.1) is 6.61 Å². The van der Waals surface area contributed by atoms with Crippen molar-refractivity contribution < 1.29 is 14.3 Å². The molecule has 5 nitrogen and oxygen atoms in total. The largest absolute Gasteiger partial charge is 0.494 e. The summed E-state index contributed by atoms with van der Waals surface area (Å²) in [5, 5.41) is 2.99. The van der Waals surface area contributed by atoms with Crippen molar-refractivity contribution in [3.63, 3.8) is 0 Å². The van der Waals surface area contributed by atoms with E-state index in [9.17, 15) is 4.79 Å². The van der Waals surface area contributed by atoms with Gasteiger partial charge in [-0.15, -0.1) is 0 Å². The molecule has 164 valence electrons. The minimum absolute atomic E-state index is 0.0860. The van der Waals surface area contributed by atoms with Gasteiger partial charge in [-0.1, -0.05) is 26.2 Å². The molecule has 1 saturated heterocycles. The average molecular weight is 405 g/mol. The lowest BCUT2D eigenvalue weighted by Gasteiger charge is -2.33. The summed E-state index contributed by atoms with van der Waals surface area (Å²) in [6, 6.07) is 8.33. The summed E-state index contributed by atoms with van der Waals surface area (Å²) in [6.45, 7) is 11.8. The fraction of sp³-hybridized carbons (Fsp3) is 0.708. The van der Waals surface area contributed by atoms with Gasteiger partial charge in [0.2, 0.25) is 0 Å². The summed E-state index contributed by atoms with van der Waals surface area (Å²) in [5.74, 6) is 0.755. The molecule has 0 saturated carbocycles. The van der Waals surface area contributed by atoms with Crippen molar-refractivity contribution in [1.82, 2.24) is 4.90 Å². The van der Waals surface area contributed by atoms with Crippen LogP contribution in [0.25, 0.3) is 0 Å². The number of ether oxygens (including phenoxy) is 2. The molecule has 0 bridgehead atoms. The van der Waals surface area contributed by atoms with Crippen LogP contribution in [0.1, 0.15) is 72.6 Å². The molecule has 0 radical (unpaired) electrons. The first-order valence-corrected chi connectivity index (χ1v) is 11.4. The maximum atomic E-state index is 12.7. The molecular formula is C24H40N2O3. The molecule has 1 aliphatic rings. The number of unbranched alkanes of at least 4 members (excludes halogenated alkanes) is 1. The molecule has 1 fully saturated rings. The van der Waals surface area contributed by atoms with E-state index in [2.05, 4.69) is 24.1 Å². The van der Waals surface area contributed by atoms with Gasteiger partial charge in [0, 0.05) is 24.9 Å². The van der Waals surface area contributed by atoms with E-state index in [0.29, 0.717) is 19.3 Å². The summed E-state index contributed by atoms with van der Waals surface area (Å²) in [4.78, 5) is 15.3. The number of hydrogen-bond donors (Lipinski definition) is 1. The summed E-state index contributed by atoms with van der Waals surface area (Å²) < 4.78 is 11.7. The zero-order valence-electron chi connectivity index (χ0n) is 18.8. The third kappa shape index (κ3) is 7.63. The summed E-state index contributed by atoms with van der Waals surface area (Å²) in [7, 11) is 0. The van der Waals surface area contributed by atoms with Crippen LogP contribution in [0, 0.1) is 0 Å².